The van der Waals surface area contributed by atoms with E-state index in [9.17, 15) is 8.42 Å². The third-order valence-corrected chi connectivity index (χ3v) is 6.93. The van der Waals surface area contributed by atoms with Gasteiger partial charge in [-0.05, 0) is 31.6 Å². The van der Waals surface area contributed by atoms with Crippen molar-refractivity contribution in [1.82, 2.24) is 14.1 Å². The van der Waals surface area contributed by atoms with Crippen molar-refractivity contribution in [3.8, 4) is 0 Å². The van der Waals surface area contributed by atoms with Crippen LogP contribution in [0.2, 0.25) is 0 Å². The van der Waals surface area contributed by atoms with Gasteiger partial charge in [0.25, 0.3) is 0 Å². The fraction of sp³-hybridized carbons (Fsp3) is 0.800. The first-order chi connectivity index (χ1) is 11.0. The van der Waals surface area contributed by atoms with Gasteiger partial charge in [-0.3, -0.25) is 4.68 Å². The number of aromatic nitrogens is 2. The molecule has 0 saturated carbocycles. The largest absolute Gasteiger partial charge is 0.381 e. The molecule has 7 nitrogen and oxygen atoms in total. The van der Waals surface area contributed by atoms with Crippen LogP contribution in [0.4, 0.5) is 0 Å². The molecule has 23 heavy (non-hydrogen) atoms. The molecule has 0 bridgehead atoms. The van der Waals surface area contributed by atoms with E-state index in [0.29, 0.717) is 26.3 Å². The highest BCUT2D eigenvalue weighted by Gasteiger charge is 2.37. The van der Waals surface area contributed by atoms with Crippen LogP contribution >= 0.6 is 0 Å². The van der Waals surface area contributed by atoms with Crippen molar-refractivity contribution >= 4 is 10.0 Å². The molecule has 1 aromatic rings. The molecule has 3 rings (SSSR count). The van der Waals surface area contributed by atoms with Crippen LogP contribution in [0.3, 0.4) is 0 Å². The first-order valence-electron chi connectivity index (χ1n) is 8.38. The Morgan fingerprint density at radius 2 is 2.09 bits per heavy atom. The maximum absolute atomic E-state index is 13.0. The summed E-state index contributed by atoms with van der Waals surface area (Å²) < 4.78 is 34.7. The highest BCUT2D eigenvalue weighted by atomic mass is 32.2. The van der Waals surface area contributed by atoms with E-state index in [2.05, 4.69) is 12.0 Å². The van der Waals surface area contributed by atoms with Crippen molar-refractivity contribution in [2.24, 2.45) is 11.7 Å². The lowest BCUT2D eigenvalue weighted by molar-refractivity contribution is 0.0662. The fourth-order valence-electron chi connectivity index (χ4n) is 3.60. The molecular formula is C15H26N4O3S. The van der Waals surface area contributed by atoms with Crippen LogP contribution in [0.1, 0.15) is 38.6 Å². The normalized spacial score (nSPS) is 28.1. The highest BCUT2D eigenvalue weighted by Crippen LogP contribution is 2.29. The summed E-state index contributed by atoms with van der Waals surface area (Å²) in [5.41, 5.74) is 5.84. The Morgan fingerprint density at radius 1 is 1.35 bits per heavy atom. The van der Waals surface area contributed by atoms with Crippen molar-refractivity contribution in [1.29, 1.82) is 0 Å². The van der Waals surface area contributed by atoms with Crippen LogP contribution in [0, 0.1) is 5.92 Å². The van der Waals surface area contributed by atoms with E-state index >= 15 is 0 Å². The lowest BCUT2D eigenvalue weighted by atomic mass is 9.93. The summed E-state index contributed by atoms with van der Waals surface area (Å²) in [6, 6.07) is 0.0958. The van der Waals surface area contributed by atoms with Gasteiger partial charge in [-0.25, -0.2) is 8.42 Å². The second-order valence-corrected chi connectivity index (χ2v) is 8.43. The van der Waals surface area contributed by atoms with Gasteiger partial charge in [0.1, 0.15) is 4.90 Å². The predicted molar refractivity (Wildman–Crippen MR) is 86.4 cm³/mol. The minimum atomic E-state index is -3.54. The number of sulfonamides is 1. The van der Waals surface area contributed by atoms with Gasteiger partial charge in [-0.15, -0.1) is 0 Å². The summed E-state index contributed by atoms with van der Waals surface area (Å²) >= 11 is 0. The number of rotatable bonds is 4. The monoisotopic (exact) mass is 342 g/mol. The standard InChI is InChI=1S/C15H26N4O3S/c1-12-3-2-6-19(15(12)9-16)23(20,21)14-10-17-18(11-14)13-4-7-22-8-5-13/h10-13,15H,2-9,16H2,1H3/t12-,15+/m0/s1. The molecule has 1 aromatic heterocycles. The highest BCUT2D eigenvalue weighted by molar-refractivity contribution is 7.89. The molecule has 0 amide bonds. The van der Waals surface area contributed by atoms with E-state index in [4.69, 9.17) is 10.5 Å². The molecule has 8 heteroatoms. The molecular weight excluding hydrogens is 316 g/mol. The number of nitrogens with two attached hydrogens (primary N) is 1. The summed E-state index contributed by atoms with van der Waals surface area (Å²) in [7, 11) is -3.54. The maximum Gasteiger partial charge on any atom is 0.246 e. The third kappa shape index (κ3) is 3.31. The molecule has 3 heterocycles. The van der Waals surface area contributed by atoms with E-state index in [1.807, 2.05) is 0 Å². The Morgan fingerprint density at radius 3 is 2.78 bits per heavy atom. The average Bonchev–Trinajstić information content (AvgIpc) is 3.06. The Hall–Kier alpha value is -0.960. The predicted octanol–water partition coefficient (Wildman–Crippen LogP) is 0.983. The molecule has 2 saturated heterocycles. The number of hydrogen-bond donors (Lipinski definition) is 1. The van der Waals surface area contributed by atoms with E-state index in [1.165, 1.54) is 6.20 Å². The first kappa shape index (κ1) is 16.9. The van der Waals surface area contributed by atoms with Crippen LogP contribution in [0.25, 0.3) is 0 Å². The minimum absolute atomic E-state index is 0.125. The summed E-state index contributed by atoms with van der Waals surface area (Å²) in [5, 5.41) is 4.29. The lowest BCUT2D eigenvalue weighted by Gasteiger charge is -2.38. The first-order valence-corrected chi connectivity index (χ1v) is 9.82. The molecule has 130 valence electrons. The Bertz CT molecular complexity index is 624. The van der Waals surface area contributed by atoms with E-state index in [0.717, 1.165) is 25.7 Å². The van der Waals surface area contributed by atoms with Crippen LogP contribution in [-0.4, -0.2) is 54.8 Å². The zero-order valence-corrected chi connectivity index (χ0v) is 14.4. The number of hydrogen-bond acceptors (Lipinski definition) is 5. The molecule has 2 fully saturated rings. The zero-order chi connectivity index (χ0) is 16.4. The smallest absolute Gasteiger partial charge is 0.246 e. The number of nitrogens with zero attached hydrogens (tertiary/aromatic N) is 3. The van der Waals surface area contributed by atoms with E-state index in [1.54, 1.807) is 15.2 Å². The average molecular weight is 342 g/mol. The summed E-state index contributed by atoms with van der Waals surface area (Å²) in [6.07, 6.45) is 6.77. The van der Waals surface area contributed by atoms with Gasteiger partial charge < -0.3 is 10.5 Å². The van der Waals surface area contributed by atoms with Gasteiger partial charge in [0, 0.05) is 38.5 Å². The van der Waals surface area contributed by atoms with Crippen LogP contribution in [0.15, 0.2) is 17.3 Å². The van der Waals surface area contributed by atoms with Crippen molar-refractivity contribution in [2.75, 3.05) is 26.3 Å². The van der Waals surface area contributed by atoms with Crippen molar-refractivity contribution in [2.45, 2.75) is 49.6 Å². The zero-order valence-electron chi connectivity index (χ0n) is 13.6. The van der Waals surface area contributed by atoms with Gasteiger partial charge in [0.05, 0.1) is 12.2 Å². The van der Waals surface area contributed by atoms with E-state index < -0.39 is 10.0 Å². The molecule has 0 aromatic carbocycles. The molecule has 2 N–H and O–H groups in total. The summed E-state index contributed by atoms with van der Waals surface area (Å²) in [4.78, 5) is 0.275. The SMILES string of the molecule is C[C@H]1CCCN(S(=O)(=O)c2cnn(C3CCOCC3)c2)[C@@H]1CN. The van der Waals surface area contributed by atoms with Crippen LogP contribution < -0.4 is 5.73 Å². The Labute approximate surface area is 137 Å². The molecule has 0 unspecified atom stereocenters. The molecule has 0 aliphatic carbocycles. The van der Waals surface area contributed by atoms with Gasteiger partial charge in [0.15, 0.2) is 0 Å². The molecule has 0 radical (unpaired) electrons. The second kappa shape index (κ2) is 6.88. The number of ether oxygens (including phenoxy) is 1. The molecule has 0 spiro atoms. The number of piperidine rings is 1. The minimum Gasteiger partial charge on any atom is -0.381 e. The molecule has 2 aliphatic heterocycles. The Balaban J connectivity index is 1.83. The molecule has 2 atom stereocenters. The molecule has 2 aliphatic rings. The van der Waals surface area contributed by atoms with E-state index in [-0.39, 0.29) is 22.9 Å². The maximum atomic E-state index is 13.0. The van der Waals surface area contributed by atoms with Gasteiger partial charge in [-0.1, -0.05) is 6.92 Å². The summed E-state index contributed by atoms with van der Waals surface area (Å²) in [6.45, 7) is 4.37. The lowest BCUT2D eigenvalue weighted by Crippen LogP contribution is -2.51. The van der Waals surface area contributed by atoms with Crippen molar-refractivity contribution < 1.29 is 13.2 Å². The van der Waals surface area contributed by atoms with Crippen LogP contribution in [0.5, 0.6) is 0 Å². The van der Waals surface area contributed by atoms with Crippen molar-refractivity contribution in [3.63, 3.8) is 0 Å². The third-order valence-electron chi connectivity index (χ3n) is 5.06. The topological polar surface area (TPSA) is 90.5 Å². The quantitative estimate of drug-likeness (QED) is 0.881. The fourth-order valence-corrected chi connectivity index (χ4v) is 5.31. The van der Waals surface area contributed by atoms with Gasteiger partial charge >= 0.3 is 0 Å². The second-order valence-electron chi connectivity index (χ2n) is 6.54. The summed E-state index contributed by atoms with van der Waals surface area (Å²) in [5.74, 6) is 0.286. The van der Waals surface area contributed by atoms with Crippen molar-refractivity contribution in [3.05, 3.63) is 12.4 Å². The van der Waals surface area contributed by atoms with Gasteiger partial charge in [-0.2, -0.15) is 9.40 Å². The van der Waals surface area contributed by atoms with Crippen LogP contribution in [-0.2, 0) is 14.8 Å². The van der Waals surface area contributed by atoms with Gasteiger partial charge in [0.2, 0.25) is 10.0 Å². The Kier molecular flexibility index (Phi) is 5.05.